The van der Waals surface area contributed by atoms with Gasteiger partial charge in [-0.25, -0.2) is 0 Å². The van der Waals surface area contributed by atoms with Gasteiger partial charge in [-0.1, -0.05) is 0 Å². The second-order valence-electron chi connectivity index (χ2n) is 6.04. The standard InChI is InChI=1S/C16H25N3O/c1-18-7-9-19(10-8-18)15-5-6-16(20-2)13-4-3-12(17)11-14(13)15/h5-6,12H,3-4,7-11,17H2,1-2H3/t12-/m1/s1. The first-order chi connectivity index (χ1) is 9.69. The van der Waals surface area contributed by atoms with Crippen LogP contribution in [0, 0.1) is 0 Å². The molecule has 3 rings (SSSR count). The van der Waals surface area contributed by atoms with E-state index in [-0.39, 0.29) is 0 Å². The van der Waals surface area contributed by atoms with Crippen LogP contribution in [0.2, 0.25) is 0 Å². The van der Waals surface area contributed by atoms with Crippen molar-refractivity contribution in [2.75, 3.05) is 45.2 Å². The van der Waals surface area contributed by atoms with Gasteiger partial charge in [0.2, 0.25) is 0 Å². The highest BCUT2D eigenvalue weighted by molar-refractivity contribution is 5.62. The van der Waals surface area contributed by atoms with Crippen molar-refractivity contribution in [2.45, 2.75) is 25.3 Å². The van der Waals surface area contributed by atoms with E-state index in [0.29, 0.717) is 6.04 Å². The van der Waals surface area contributed by atoms with E-state index in [4.69, 9.17) is 10.5 Å². The average Bonchev–Trinajstić information content (AvgIpc) is 2.47. The van der Waals surface area contributed by atoms with Crippen LogP contribution in [-0.2, 0) is 12.8 Å². The largest absolute Gasteiger partial charge is 0.496 e. The van der Waals surface area contributed by atoms with Crippen molar-refractivity contribution in [1.29, 1.82) is 0 Å². The van der Waals surface area contributed by atoms with Crippen molar-refractivity contribution >= 4 is 5.69 Å². The lowest BCUT2D eigenvalue weighted by Gasteiger charge is -2.37. The molecule has 0 unspecified atom stereocenters. The van der Waals surface area contributed by atoms with Crippen LogP contribution in [0.15, 0.2) is 12.1 Å². The van der Waals surface area contributed by atoms with Crippen LogP contribution in [0.4, 0.5) is 5.69 Å². The van der Waals surface area contributed by atoms with Gasteiger partial charge < -0.3 is 20.3 Å². The molecule has 1 aromatic carbocycles. The first-order valence-corrected chi connectivity index (χ1v) is 7.57. The van der Waals surface area contributed by atoms with E-state index < -0.39 is 0 Å². The normalized spacial score (nSPS) is 23.6. The Morgan fingerprint density at radius 1 is 1.15 bits per heavy atom. The van der Waals surface area contributed by atoms with Crippen LogP contribution in [-0.4, -0.2) is 51.3 Å². The average molecular weight is 275 g/mol. The zero-order valence-electron chi connectivity index (χ0n) is 12.6. The Kier molecular flexibility index (Phi) is 3.85. The van der Waals surface area contributed by atoms with Crippen LogP contribution >= 0.6 is 0 Å². The van der Waals surface area contributed by atoms with Crippen molar-refractivity contribution in [3.8, 4) is 5.75 Å². The molecule has 0 bridgehead atoms. The Balaban J connectivity index is 1.95. The fourth-order valence-electron chi connectivity index (χ4n) is 3.39. The van der Waals surface area contributed by atoms with Gasteiger partial charge in [0.15, 0.2) is 0 Å². The van der Waals surface area contributed by atoms with Crippen molar-refractivity contribution in [2.24, 2.45) is 5.73 Å². The maximum Gasteiger partial charge on any atom is 0.122 e. The maximum atomic E-state index is 6.19. The molecular formula is C16H25N3O. The van der Waals surface area contributed by atoms with Crippen molar-refractivity contribution in [3.05, 3.63) is 23.3 Å². The summed E-state index contributed by atoms with van der Waals surface area (Å²) in [6, 6.07) is 4.64. The van der Waals surface area contributed by atoms with Gasteiger partial charge in [0, 0.05) is 37.9 Å². The first kappa shape index (κ1) is 13.7. The quantitative estimate of drug-likeness (QED) is 0.882. The molecule has 0 amide bonds. The van der Waals surface area contributed by atoms with Crippen molar-refractivity contribution < 1.29 is 4.74 Å². The zero-order valence-corrected chi connectivity index (χ0v) is 12.6. The summed E-state index contributed by atoms with van der Waals surface area (Å²) in [6.07, 6.45) is 3.09. The van der Waals surface area contributed by atoms with E-state index in [9.17, 15) is 0 Å². The molecule has 4 nitrogen and oxygen atoms in total. The smallest absolute Gasteiger partial charge is 0.122 e. The molecule has 2 aliphatic rings. The van der Waals surface area contributed by atoms with E-state index in [1.54, 1.807) is 7.11 Å². The predicted octanol–water partition coefficient (Wildman–Crippen LogP) is 1.26. The minimum absolute atomic E-state index is 0.292. The third-order valence-corrected chi connectivity index (χ3v) is 4.66. The van der Waals surface area contributed by atoms with Crippen LogP contribution in [0.1, 0.15) is 17.5 Å². The number of nitrogens with zero attached hydrogens (tertiary/aromatic N) is 2. The molecule has 1 heterocycles. The number of rotatable bonds is 2. The summed E-state index contributed by atoms with van der Waals surface area (Å²) in [5.74, 6) is 1.03. The van der Waals surface area contributed by atoms with E-state index >= 15 is 0 Å². The predicted molar refractivity (Wildman–Crippen MR) is 82.7 cm³/mol. The highest BCUT2D eigenvalue weighted by atomic mass is 16.5. The molecule has 1 aliphatic carbocycles. The highest BCUT2D eigenvalue weighted by Gasteiger charge is 2.25. The first-order valence-electron chi connectivity index (χ1n) is 7.57. The molecule has 0 radical (unpaired) electrons. The molecule has 110 valence electrons. The summed E-state index contributed by atoms with van der Waals surface area (Å²) < 4.78 is 5.54. The lowest BCUT2D eigenvalue weighted by molar-refractivity contribution is 0.312. The van der Waals surface area contributed by atoms with E-state index in [1.165, 1.54) is 16.8 Å². The molecular weight excluding hydrogens is 250 g/mol. The van der Waals surface area contributed by atoms with Gasteiger partial charge in [-0.05, 0) is 49.6 Å². The number of ether oxygens (including phenoxy) is 1. The topological polar surface area (TPSA) is 41.7 Å². The molecule has 0 aromatic heterocycles. The maximum absolute atomic E-state index is 6.19. The van der Waals surface area contributed by atoms with Gasteiger partial charge in [0.25, 0.3) is 0 Å². The second kappa shape index (κ2) is 5.62. The second-order valence-corrected chi connectivity index (χ2v) is 6.04. The number of fused-ring (bicyclic) bond motifs is 1. The molecule has 1 atom stereocenters. The molecule has 1 fully saturated rings. The summed E-state index contributed by atoms with van der Waals surface area (Å²) in [4.78, 5) is 4.90. The van der Waals surface area contributed by atoms with E-state index in [0.717, 1.165) is 51.2 Å². The van der Waals surface area contributed by atoms with Gasteiger partial charge in [0.1, 0.15) is 5.75 Å². The van der Waals surface area contributed by atoms with Gasteiger partial charge in [-0.3, -0.25) is 0 Å². The molecule has 2 N–H and O–H groups in total. The highest BCUT2D eigenvalue weighted by Crippen LogP contribution is 2.36. The van der Waals surface area contributed by atoms with Crippen LogP contribution in [0.3, 0.4) is 0 Å². The summed E-state index contributed by atoms with van der Waals surface area (Å²) >= 11 is 0. The molecule has 1 saturated heterocycles. The van der Waals surface area contributed by atoms with Gasteiger partial charge in [-0.2, -0.15) is 0 Å². The zero-order chi connectivity index (χ0) is 14.1. The third-order valence-electron chi connectivity index (χ3n) is 4.66. The monoisotopic (exact) mass is 275 g/mol. The van der Waals surface area contributed by atoms with Crippen LogP contribution in [0.25, 0.3) is 0 Å². The number of hydrogen-bond donors (Lipinski definition) is 1. The summed E-state index contributed by atoms with van der Waals surface area (Å²) in [5, 5.41) is 0. The summed E-state index contributed by atoms with van der Waals surface area (Å²) in [6.45, 7) is 4.47. The van der Waals surface area contributed by atoms with Crippen molar-refractivity contribution in [1.82, 2.24) is 4.90 Å². The number of likely N-dealkylation sites (N-methyl/N-ethyl adjacent to an activating group) is 1. The Morgan fingerprint density at radius 2 is 1.90 bits per heavy atom. The summed E-state index contributed by atoms with van der Waals surface area (Å²) in [5.41, 5.74) is 10.4. The number of methoxy groups -OCH3 is 1. The molecule has 1 aliphatic heterocycles. The van der Waals surface area contributed by atoms with Gasteiger partial charge >= 0.3 is 0 Å². The fourth-order valence-corrected chi connectivity index (χ4v) is 3.39. The molecule has 1 aromatic rings. The van der Waals surface area contributed by atoms with E-state index in [2.05, 4.69) is 29.0 Å². The number of nitrogens with two attached hydrogens (primary N) is 1. The number of anilines is 1. The summed E-state index contributed by atoms with van der Waals surface area (Å²) in [7, 11) is 3.95. The minimum atomic E-state index is 0.292. The van der Waals surface area contributed by atoms with Crippen LogP contribution in [0.5, 0.6) is 5.75 Å². The molecule has 0 saturated carbocycles. The van der Waals surface area contributed by atoms with Crippen molar-refractivity contribution in [3.63, 3.8) is 0 Å². The lowest BCUT2D eigenvalue weighted by atomic mass is 9.86. The van der Waals surface area contributed by atoms with Gasteiger partial charge in [-0.15, -0.1) is 0 Å². The van der Waals surface area contributed by atoms with E-state index in [1.807, 2.05) is 0 Å². The Labute approximate surface area is 121 Å². The number of piperazine rings is 1. The Morgan fingerprint density at radius 3 is 2.60 bits per heavy atom. The van der Waals surface area contributed by atoms with Crippen LogP contribution < -0.4 is 15.4 Å². The Hall–Kier alpha value is -1.26. The minimum Gasteiger partial charge on any atom is -0.496 e. The van der Waals surface area contributed by atoms with Gasteiger partial charge in [0.05, 0.1) is 7.11 Å². The molecule has 4 heteroatoms. The number of hydrogen-bond acceptors (Lipinski definition) is 4. The fraction of sp³-hybridized carbons (Fsp3) is 0.625. The lowest BCUT2D eigenvalue weighted by Crippen LogP contribution is -2.45. The molecule has 0 spiro atoms. The Bertz CT molecular complexity index is 481. The SMILES string of the molecule is COc1ccc(N2CCN(C)CC2)c2c1CC[C@@H](N)C2. The molecule has 20 heavy (non-hydrogen) atoms. The number of benzene rings is 1. The third kappa shape index (κ3) is 2.50.